The highest BCUT2D eigenvalue weighted by atomic mass is 16.3. The first-order valence-corrected chi connectivity index (χ1v) is 16.3. The first-order chi connectivity index (χ1) is 21.1. The Morgan fingerprint density at radius 3 is 1.98 bits per heavy atom. The van der Waals surface area contributed by atoms with Crippen molar-refractivity contribution in [2.24, 2.45) is 7.05 Å². The maximum Gasteiger partial charge on any atom is 0.216 e. The van der Waals surface area contributed by atoms with Gasteiger partial charge in [0.25, 0.3) is 0 Å². The first kappa shape index (κ1) is 25.3. The number of fused-ring (bicyclic) bond motifs is 9. The van der Waals surface area contributed by atoms with Gasteiger partial charge in [-0.05, 0) is 83.7 Å². The quantitative estimate of drug-likeness (QED) is 0.193. The summed E-state index contributed by atoms with van der Waals surface area (Å²) >= 11 is 0. The Balaban J connectivity index is 1.25. The van der Waals surface area contributed by atoms with Gasteiger partial charge in [0.2, 0.25) is 5.69 Å². The molecule has 2 saturated carbocycles. The number of pyridine rings is 1. The van der Waals surface area contributed by atoms with Crippen LogP contribution in [0.5, 0.6) is 0 Å². The van der Waals surface area contributed by atoms with Crippen molar-refractivity contribution in [3.05, 3.63) is 125 Å². The van der Waals surface area contributed by atoms with Crippen molar-refractivity contribution in [1.29, 1.82) is 0 Å². The molecule has 9 rings (SSSR count). The average Bonchev–Trinajstić information content (AvgIpc) is 3.81. The molecule has 6 aromatic rings. The molecule has 0 saturated heterocycles. The smallest absolute Gasteiger partial charge is 0.216 e. The Bertz CT molecular complexity index is 2070. The highest BCUT2D eigenvalue weighted by Gasteiger charge is 2.52. The van der Waals surface area contributed by atoms with E-state index in [1.807, 2.05) is 0 Å². The van der Waals surface area contributed by atoms with E-state index in [1.54, 1.807) is 22.3 Å². The van der Waals surface area contributed by atoms with Crippen LogP contribution in [0.3, 0.4) is 0 Å². The fourth-order valence-electron chi connectivity index (χ4n) is 9.38. The highest BCUT2D eigenvalue weighted by molar-refractivity contribution is 6.09. The Labute approximate surface area is 254 Å². The minimum atomic E-state index is 0.147. The Morgan fingerprint density at radius 2 is 1.23 bits per heavy atom. The second-order valence-corrected chi connectivity index (χ2v) is 13.5. The van der Waals surface area contributed by atoms with Crippen molar-refractivity contribution in [2.75, 3.05) is 0 Å². The SMILES string of the molecule is Cc1ccc2c(oc3ccccc32)c1-c1cc(-c2ccc3c(c2)C2(CCCC2)c2ccccc2C32CCCC2)cc[n+]1C. The van der Waals surface area contributed by atoms with E-state index in [1.165, 1.54) is 90.1 Å². The number of hydrogen-bond donors (Lipinski definition) is 0. The molecule has 2 aromatic heterocycles. The Kier molecular flexibility index (Phi) is 5.40. The fraction of sp³-hybridized carbons (Fsp3) is 0.293. The molecule has 0 atom stereocenters. The molecule has 0 radical (unpaired) electrons. The molecule has 212 valence electrons. The predicted molar refractivity (Wildman–Crippen MR) is 175 cm³/mol. The van der Waals surface area contributed by atoms with Crippen LogP contribution in [-0.4, -0.2) is 0 Å². The standard InChI is InChI=1S/C41H38NO/c1-27-15-17-31-30-11-3-6-14-37(30)43-39(31)38(27)36-26-29(19-24-42(36)2)28-16-18-34-35(25-28)41(22-9-10-23-41)33-13-5-4-12-32(33)40(34)20-7-8-21-40/h3-6,11-19,24-26H,7-10,20-23H2,1-2H3/q+1. The maximum atomic E-state index is 6.53. The second-order valence-electron chi connectivity index (χ2n) is 13.5. The third-order valence-corrected chi connectivity index (χ3v) is 11.4. The number of furan rings is 1. The summed E-state index contributed by atoms with van der Waals surface area (Å²) in [6, 6.07) is 34.6. The number of nitrogens with zero attached hydrogens (tertiary/aromatic N) is 1. The van der Waals surface area contributed by atoms with E-state index in [0.29, 0.717) is 0 Å². The van der Waals surface area contributed by atoms with Gasteiger partial charge in [-0.2, -0.15) is 0 Å². The predicted octanol–water partition coefficient (Wildman–Crippen LogP) is 10.1. The van der Waals surface area contributed by atoms with E-state index in [2.05, 4.69) is 116 Å². The number of aryl methyl sites for hydroxylation is 2. The van der Waals surface area contributed by atoms with Crippen molar-refractivity contribution >= 4 is 21.9 Å². The molecule has 3 aliphatic carbocycles. The monoisotopic (exact) mass is 560 g/mol. The van der Waals surface area contributed by atoms with Crippen LogP contribution in [0, 0.1) is 6.92 Å². The van der Waals surface area contributed by atoms with E-state index in [0.717, 1.165) is 11.2 Å². The van der Waals surface area contributed by atoms with Gasteiger partial charge in [0, 0.05) is 33.7 Å². The molecule has 2 heterocycles. The van der Waals surface area contributed by atoms with Gasteiger partial charge in [-0.15, -0.1) is 0 Å². The molecule has 0 unspecified atom stereocenters. The fourth-order valence-corrected chi connectivity index (χ4v) is 9.38. The van der Waals surface area contributed by atoms with E-state index >= 15 is 0 Å². The minimum Gasteiger partial charge on any atom is -0.455 e. The van der Waals surface area contributed by atoms with Crippen molar-refractivity contribution in [3.63, 3.8) is 0 Å². The molecule has 2 nitrogen and oxygen atoms in total. The first-order valence-electron chi connectivity index (χ1n) is 16.3. The number of hydrogen-bond acceptors (Lipinski definition) is 1. The van der Waals surface area contributed by atoms with E-state index in [4.69, 9.17) is 4.42 Å². The molecule has 2 spiro atoms. The molecule has 0 bridgehead atoms. The van der Waals surface area contributed by atoms with Crippen LogP contribution in [0.15, 0.2) is 102 Å². The number of para-hydroxylation sites is 1. The molecule has 3 aliphatic rings. The molecule has 0 aliphatic heterocycles. The van der Waals surface area contributed by atoms with Gasteiger partial charge < -0.3 is 4.42 Å². The highest BCUT2D eigenvalue weighted by Crippen LogP contribution is 2.61. The molecule has 2 fully saturated rings. The normalized spacial score (nSPS) is 18.1. The number of benzene rings is 4. The van der Waals surface area contributed by atoms with Crippen LogP contribution in [0.2, 0.25) is 0 Å². The molecule has 0 N–H and O–H groups in total. The lowest BCUT2D eigenvalue weighted by Gasteiger charge is -2.47. The summed E-state index contributed by atoms with van der Waals surface area (Å²) in [7, 11) is 2.15. The van der Waals surface area contributed by atoms with E-state index in [9.17, 15) is 0 Å². The largest absolute Gasteiger partial charge is 0.455 e. The lowest BCUT2D eigenvalue weighted by molar-refractivity contribution is -0.660. The van der Waals surface area contributed by atoms with Crippen molar-refractivity contribution in [3.8, 4) is 22.4 Å². The molecular weight excluding hydrogens is 522 g/mol. The van der Waals surface area contributed by atoms with Gasteiger partial charge in [-0.1, -0.05) is 92.4 Å². The molecular formula is C41H38NO+. The van der Waals surface area contributed by atoms with Gasteiger partial charge in [0.15, 0.2) is 6.20 Å². The summed E-state index contributed by atoms with van der Waals surface area (Å²) in [6.45, 7) is 2.20. The molecule has 2 heteroatoms. The lowest BCUT2D eigenvalue weighted by atomic mass is 9.56. The van der Waals surface area contributed by atoms with E-state index < -0.39 is 0 Å². The van der Waals surface area contributed by atoms with Gasteiger partial charge in [0.05, 0.1) is 5.56 Å². The zero-order chi connectivity index (χ0) is 28.8. The van der Waals surface area contributed by atoms with Gasteiger partial charge in [-0.3, -0.25) is 0 Å². The topological polar surface area (TPSA) is 17.0 Å². The van der Waals surface area contributed by atoms with Crippen molar-refractivity contribution in [1.82, 2.24) is 0 Å². The number of aromatic nitrogens is 1. The zero-order valence-electron chi connectivity index (χ0n) is 25.2. The van der Waals surface area contributed by atoms with Gasteiger partial charge >= 0.3 is 0 Å². The summed E-state index contributed by atoms with van der Waals surface area (Å²) in [4.78, 5) is 0. The Hall–Kier alpha value is -4.17. The minimum absolute atomic E-state index is 0.147. The van der Waals surface area contributed by atoms with Gasteiger partial charge in [-0.25, -0.2) is 4.57 Å². The van der Waals surface area contributed by atoms with Crippen molar-refractivity contribution < 1.29 is 8.98 Å². The third kappa shape index (κ3) is 3.44. The summed E-state index contributed by atoms with van der Waals surface area (Å²) in [5.74, 6) is 0. The van der Waals surface area contributed by atoms with Crippen LogP contribution in [0.4, 0.5) is 0 Å². The zero-order valence-corrected chi connectivity index (χ0v) is 25.2. The summed E-state index contributed by atoms with van der Waals surface area (Å²) in [5, 5.41) is 2.36. The van der Waals surface area contributed by atoms with Crippen LogP contribution >= 0.6 is 0 Å². The number of rotatable bonds is 2. The van der Waals surface area contributed by atoms with Crippen molar-refractivity contribution in [2.45, 2.75) is 69.1 Å². The molecule has 4 aromatic carbocycles. The average molecular weight is 561 g/mol. The Morgan fingerprint density at radius 1 is 0.605 bits per heavy atom. The van der Waals surface area contributed by atoms with Crippen LogP contribution < -0.4 is 4.57 Å². The van der Waals surface area contributed by atoms with Gasteiger partial charge in [0.1, 0.15) is 18.2 Å². The summed E-state index contributed by atoms with van der Waals surface area (Å²) in [5.41, 5.74) is 15.0. The van der Waals surface area contributed by atoms with Crippen LogP contribution in [0.1, 0.15) is 79.2 Å². The molecule has 43 heavy (non-hydrogen) atoms. The van der Waals surface area contributed by atoms with Crippen LogP contribution in [-0.2, 0) is 17.9 Å². The maximum absolute atomic E-state index is 6.53. The van der Waals surface area contributed by atoms with Crippen LogP contribution in [0.25, 0.3) is 44.3 Å². The second kappa shape index (κ2) is 9.16. The summed E-state index contributed by atoms with van der Waals surface area (Å²) in [6.07, 6.45) is 12.6. The third-order valence-electron chi connectivity index (χ3n) is 11.4. The molecule has 0 amide bonds. The lowest BCUT2D eigenvalue weighted by Crippen LogP contribution is -2.40. The van der Waals surface area contributed by atoms with E-state index in [-0.39, 0.29) is 10.8 Å². The summed E-state index contributed by atoms with van der Waals surface area (Å²) < 4.78 is 8.78.